The number of fused-ring (bicyclic) bond motifs is 1. The number of ether oxygens (including phenoxy) is 1. The van der Waals surface area contributed by atoms with E-state index in [9.17, 15) is 4.79 Å². The molecule has 0 unspecified atom stereocenters. The molecule has 0 aliphatic heterocycles. The van der Waals surface area contributed by atoms with E-state index in [-0.39, 0.29) is 5.56 Å². The van der Waals surface area contributed by atoms with Crippen LogP contribution in [0, 0.1) is 0 Å². The molecule has 0 bridgehead atoms. The second-order valence-corrected chi connectivity index (χ2v) is 8.19. The molecule has 1 heterocycles. The van der Waals surface area contributed by atoms with E-state index in [1.54, 1.807) is 7.11 Å². The first-order valence-electron chi connectivity index (χ1n) is 10.4. The third-order valence-electron chi connectivity index (χ3n) is 5.05. The Balaban J connectivity index is 1.80. The van der Waals surface area contributed by atoms with Gasteiger partial charge < -0.3 is 24.8 Å². The summed E-state index contributed by atoms with van der Waals surface area (Å²) in [5.74, 6) is 0.713. The van der Waals surface area contributed by atoms with Gasteiger partial charge in [-0.3, -0.25) is 4.79 Å². The van der Waals surface area contributed by atoms with Crippen LogP contribution in [0.2, 0.25) is 0 Å². The molecule has 0 fully saturated rings. The van der Waals surface area contributed by atoms with E-state index in [0.29, 0.717) is 29.5 Å². The van der Waals surface area contributed by atoms with Crippen molar-refractivity contribution < 1.29 is 4.74 Å². The molecule has 0 saturated heterocycles. The quantitative estimate of drug-likeness (QED) is 0.395. The summed E-state index contributed by atoms with van der Waals surface area (Å²) in [5, 5.41) is 4.96. The largest absolute Gasteiger partial charge is 0.497 e. The Labute approximate surface area is 188 Å². The highest BCUT2D eigenvalue weighted by Crippen LogP contribution is 2.19. The number of benzene rings is 2. The Hall–Kier alpha value is -2.90. The Kier molecular flexibility index (Phi) is 8.03. The van der Waals surface area contributed by atoms with Crippen LogP contribution in [0.5, 0.6) is 5.75 Å². The molecular weight excluding hydrogens is 408 g/mol. The van der Waals surface area contributed by atoms with Gasteiger partial charge in [-0.05, 0) is 68.4 Å². The second-order valence-electron chi connectivity index (χ2n) is 7.81. The van der Waals surface area contributed by atoms with Crippen LogP contribution in [0.4, 0.5) is 0 Å². The lowest BCUT2D eigenvalue weighted by Gasteiger charge is -2.26. The molecule has 3 rings (SSSR count). The SMILES string of the molecule is COc1ccc2cc(CN(Cc3ccccc3)C(=S)NCCCN(C)C)c(=O)[nH]c2c1. The van der Waals surface area contributed by atoms with Crippen molar-refractivity contribution >= 4 is 28.2 Å². The van der Waals surface area contributed by atoms with Gasteiger partial charge in [0.25, 0.3) is 5.56 Å². The van der Waals surface area contributed by atoms with E-state index in [1.165, 1.54) is 0 Å². The number of methoxy groups -OCH3 is 1. The lowest BCUT2D eigenvalue weighted by atomic mass is 10.1. The second kappa shape index (κ2) is 10.9. The number of nitrogens with zero attached hydrogens (tertiary/aromatic N) is 2. The topological polar surface area (TPSA) is 60.6 Å². The molecule has 3 aromatic rings. The van der Waals surface area contributed by atoms with Gasteiger partial charge >= 0.3 is 0 Å². The molecule has 0 atom stereocenters. The van der Waals surface area contributed by atoms with E-state index < -0.39 is 0 Å². The Morgan fingerprint density at radius 3 is 2.58 bits per heavy atom. The Morgan fingerprint density at radius 2 is 1.87 bits per heavy atom. The van der Waals surface area contributed by atoms with Crippen molar-refractivity contribution in [2.45, 2.75) is 19.5 Å². The Bertz CT molecular complexity index is 1070. The number of aromatic amines is 1. The van der Waals surface area contributed by atoms with Crippen LogP contribution in [0.15, 0.2) is 59.4 Å². The number of hydrogen-bond acceptors (Lipinski definition) is 4. The number of nitrogens with one attached hydrogen (secondary N) is 2. The maximum absolute atomic E-state index is 12.8. The number of H-pyrrole nitrogens is 1. The molecule has 1 aromatic heterocycles. The van der Waals surface area contributed by atoms with Crippen LogP contribution >= 0.6 is 12.2 Å². The molecule has 6 nitrogen and oxygen atoms in total. The molecule has 164 valence electrons. The molecule has 0 spiro atoms. The van der Waals surface area contributed by atoms with Gasteiger partial charge in [0, 0.05) is 24.7 Å². The number of hydrogen-bond donors (Lipinski definition) is 2. The van der Waals surface area contributed by atoms with Crippen LogP contribution in [-0.2, 0) is 13.1 Å². The molecule has 0 amide bonds. The summed E-state index contributed by atoms with van der Waals surface area (Å²) in [6.07, 6.45) is 0.991. The third kappa shape index (κ3) is 6.54. The highest BCUT2D eigenvalue weighted by Gasteiger charge is 2.14. The minimum atomic E-state index is -0.116. The summed E-state index contributed by atoms with van der Waals surface area (Å²) < 4.78 is 5.26. The zero-order valence-electron chi connectivity index (χ0n) is 18.4. The minimum absolute atomic E-state index is 0.116. The summed E-state index contributed by atoms with van der Waals surface area (Å²) in [6.45, 7) is 2.82. The Morgan fingerprint density at radius 1 is 1.10 bits per heavy atom. The predicted molar refractivity (Wildman–Crippen MR) is 131 cm³/mol. The monoisotopic (exact) mass is 438 g/mol. The third-order valence-corrected chi connectivity index (χ3v) is 5.46. The zero-order chi connectivity index (χ0) is 22.2. The van der Waals surface area contributed by atoms with Gasteiger partial charge in [-0.1, -0.05) is 30.3 Å². The smallest absolute Gasteiger partial charge is 0.253 e. The molecular formula is C24H30N4O2S. The number of rotatable bonds is 9. The highest BCUT2D eigenvalue weighted by atomic mass is 32.1. The van der Waals surface area contributed by atoms with Crippen molar-refractivity contribution in [1.29, 1.82) is 0 Å². The van der Waals surface area contributed by atoms with Crippen molar-refractivity contribution in [3.05, 3.63) is 76.1 Å². The average molecular weight is 439 g/mol. The molecule has 7 heteroatoms. The van der Waals surface area contributed by atoms with Crippen LogP contribution < -0.4 is 15.6 Å². The van der Waals surface area contributed by atoms with Gasteiger partial charge in [-0.2, -0.15) is 0 Å². The van der Waals surface area contributed by atoms with Gasteiger partial charge in [0.05, 0.1) is 19.2 Å². The first kappa shape index (κ1) is 22.8. The van der Waals surface area contributed by atoms with Crippen molar-refractivity contribution in [3.8, 4) is 5.75 Å². The normalized spacial score (nSPS) is 11.0. The van der Waals surface area contributed by atoms with Gasteiger partial charge in [-0.25, -0.2) is 0 Å². The number of aromatic nitrogens is 1. The van der Waals surface area contributed by atoms with Crippen molar-refractivity contribution in [2.24, 2.45) is 0 Å². The fourth-order valence-corrected chi connectivity index (χ4v) is 3.61. The first-order valence-corrected chi connectivity index (χ1v) is 10.8. The number of pyridine rings is 1. The van der Waals surface area contributed by atoms with E-state index in [1.807, 2.05) is 47.4 Å². The van der Waals surface area contributed by atoms with Crippen molar-refractivity contribution in [2.75, 3.05) is 34.3 Å². The molecule has 0 aliphatic rings. The van der Waals surface area contributed by atoms with Crippen LogP contribution in [0.25, 0.3) is 10.9 Å². The van der Waals surface area contributed by atoms with E-state index in [0.717, 1.165) is 36.0 Å². The summed E-state index contributed by atoms with van der Waals surface area (Å²) in [5.41, 5.74) is 2.45. The predicted octanol–water partition coefficient (Wildman–Crippen LogP) is 3.37. The molecule has 0 saturated carbocycles. The lowest BCUT2D eigenvalue weighted by molar-refractivity contribution is 0.383. The van der Waals surface area contributed by atoms with E-state index in [2.05, 4.69) is 41.4 Å². The molecule has 31 heavy (non-hydrogen) atoms. The minimum Gasteiger partial charge on any atom is -0.497 e. The number of thiocarbonyl (C=S) groups is 1. The van der Waals surface area contributed by atoms with Crippen LogP contribution in [-0.4, -0.2) is 54.2 Å². The summed E-state index contributed by atoms with van der Waals surface area (Å²) in [7, 11) is 5.73. The molecule has 2 aromatic carbocycles. The van der Waals surface area contributed by atoms with Crippen LogP contribution in [0.3, 0.4) is 0 Å². The summed E-state index contributed by atoms with van der Waals surface area (Å²) in [6, 6.07) is 17.8. The van der Waals surface area contributed by atoms with Gasteiger partial charge in [0.1, 0.15) is 5.75 Å². The van der Waals surface area contributed by atoms with E-state index >= 15 is 0 Å². The van der Waals surface area contributed by atoms with Crippen molar-refractivity contribution in [1.82, 2.24) is 20.1 Å². The summed E-state index contributed by atoms with van der Waals surface area (Å²) in [4.78, 5) is 20.0. The molecule has 0 aliphatic carbocycles. The van der Waals surface area contributed by atoms with Gasteiger partial charge in [0.15, 0.2) is 5.11 Å². The standard InChI is InChI=1S/C24H30N4O2S/c1-27(2)13-7-12-25-24(31)28(16-18-8-5-4-6-9-18)17-20-14-19-10-11-21(30-3)15-22(19)26-23(20)29/h4-6,8-11,14-15H,7,12-13,16-17H2,1-3H3,(H,25,31)(H,26,29). The first-order chi connectivity index (χ1) is 15.0. The lowest BCUT2D eigenvalue weighted by Crippen LogP contribution is -2.40. The average Bonchev–Trinajstić information content (AvgIpc) is 2.76. The summed E-state index contributed by atoms with van der Waals surface area (Å²) >= 11 is 5.70. The van der Waals surface area contributed by atoms with Crippen LogP contribution in [0.1, 0.15) is 17.5 Å². The maximum atomic E-state index is 12.8. The van der Waals surface area contributed by atoms with Gasteiger partial charge in [0.2, 0.25) is 0 Å². The fourth-order valence-electron chi connectivity index (χ4n) is 3.38. The van der Waals surface area contributed by atoms with Crippen molar-refractivity contribution in [3.63, 3.8) is 0 Å². The fraction of sp³-hybridized carbons (Fsp3) is 0.333. The van der Waals surface area contributed by atoms with E-state index in [4.69, 9.17) is 17.0 Å². The molecule has 0 radical (unpaired) electrons. The highest BCUT2D eigenvalue weighted by molar-refractivity contribution is 7.80. The maximum Gasteiger partial charge on any atom is 0.253 e. The zero-order valence-corrected chi connectivity index (χ0v) is 19.2. The van der Waals surface area contributed by atoms with Gasteiger partial charge in [-0.15, -0.1) is 0 Å². The molecule has 2 N–H and O–H groups in total.